The number of hydrogen-bond acceptors (Lipinski definition) is 2. The van der Waals surface area contributed by atoms with E-state index in [0.717, 1.165) is 18.4 Å². The van der Waals surface area contributed by atoms with E-state index < -0.39 is 5.60 Å². The van der Waals surface area contributed by atoms with Gasteiger partial charge in [0.15, 0.2) is 0 Å². The van der Waals surface area contributed by atoms with E-state index in [-0.39, 0.29) is 12.6 Å². The van der Waals surface area contributed by atoms with Gasteiger partial charge in [0.2, 0.25) is 0 Å². The molecular formula is C14H20N2O2. The molecule has 0 spiro atoms. The lowest BCUT2D eigenvalue weighted by Gasteiger charge is -2.34. The van der Waals surface area contributed by atoms with Crippen molar-refractivity contribution in [2.75, 3.05) is 13.1 Å². The molecule has 1 unspecified atom stereocenters. The Morgan fingerprint density at radius 1 is 1.39 bits per heavy atom. The van der Waals surface area contributed by atoms with E-state index in [9.17, 15) is 9.90 Å². The molecule has 0 saturated heterocycles. The fraction of sp³-hybridized carbons (Fsp3) is 0.500. The third-order valence-corrected chi connectivity index (χ3v) is 3.43. The van der Waals surface area contributed by atoms with Gasteiger partial charge in [-0.05, 0) is 37.3 Å². The third kappa shape index (κ3) is 2.64. The lowest BCUT2D eigenvalue weighted by molar-refractivity contribution is 0.0217. The molecule has 4 heteroatoms. The number of carbonyl (C=O) groups is 1. The van der Waals surface area contributed by atoms with E-state index in [2.05, 4.69) is 10.6 Å². The van der Waals surface area contributed by atoms with Crippen molar-refractivity contribution < 1.29 is 9.90 Å². The summed E-state index contributed by atoms with van der Waals surface area (Å²) in [5.41, 5.74) is 1.21. The number of fused-ring (bicyclic) bond motifs is 1. The summed E-state index contributed by atoms with van der Waals surface area (Å²) in [7, 11) is 0. The van der Waals surface area contributed by atoms with Gasteiger partial charge in [0.25, 0.3) is 0 Å². The van der Waals surface area contributed by atoms with Gasteiger partial charge in [0.05, 0.1) is 6.54 Å². The lowest BCUT2D eigenvalue weighted by atomic mass is 9.79. The molecule has 98 valence electrons. The maximum atomic E-state index is 11.4. The van der Waals surface area contributed by atoms with Crippen molar-refractivity contribution in [2.45, 2.75) is 31.8 Å². The van der Waals surface area contributed by atoms with Gasteiger partial charge in [-0.2, -0.15) is 0 Å². The highest BCUT2D eigenvalue weighted by Gasteiger charge is 2.34. The van der Waals surface area contributed by atoms with Crippen molar-refractivity contribution in [3.63, 3.8) is 0 Å². The van der Waals surface area contributed by atoms with Gasteiger partial charge in [0.1, 0.15) is 5.60 Å². The predicted molar refractivity (Wildman–Crippen MR) is 70.4 cm³/mol. The summed E-state index contributed by atoms with van der Waals surface area (Å²) >= 11 is 0. The number of amides is 2. The molecule has 1 aliphatic rings. The Labute approximate surface area is 107 Å². The third-order valence-electron chi connectivity index (χ3n) is 3.43. The molecule has 0 aromatic heterocycles. The summed E-state index contributed by atoms with van der Waals surface area (Å²) in [5.74, 6) is 0. The maximum Gasteiger partial charge on any atom is 0.314 e. The number of hydrogen-bond donors (Lipinski definition) is 3. The molecule has 1 aliphatic carbocycles. The van der Waals surface area contributed by atoms with Gasteiger partial charge in [-0.25, -0.2) is 4.79 Å². The molecule has 0 aliphatic heterocycles. The molecular weight excluding hydrogens is 228 g/mol. The minimum absolute atomic E-state index is 0.228. The van der Waals surface area contributed by atoms with Crippen molar-refractivity contribution in [1.29, 1.82) is 0 Å². The SMILES string of the molecule is CCNC(=O)NCC1(O)CCCc2ccccc21. The molecule has 1 aromatic carbocycles. The molecule has 2 rings (SSSR count). The van der Waals surface area contributed by atoms with E-state index in [4.69, 9.17) is 0 Å². The molecule has 4 nitrogen and oxygen atoms in total. The second kappa shape index (κ2) is 5.40. The first-order valence-corrected chi connectivity index (χ1v) is 6.48. The fourth-order valence-corrected chi connectivity index (χ4v) is 2.53. The van der Waals surface area contributed by atoms with Crippen LogP contribution in [0.2, 0.25) is 0 Å². The van der Waals surface area contributed by atoms with Crippen LogP contribution in [-0.2, 0) is 12.0 Å². The Balaban J connectivity index is 2.10. The monoisotopic (exact) mass is 248 g/mol. The highest BCUT2D eigenvalue weighted by Crippen LogP contribution is 2.34. The Bertz CT molecular complexity index is 434. The van der Waals surface area contributed by atoms with E-state index in [0.29, 0.717) is 13.0 Å². The first kappa shape index (κ1) is 12.9. The van der Waals surface area contributed by atoms with Crippen LogP contribution in [0, 0.1) is 0 Å². The molecule has 2 amide bonds. The second-order valence-corrected chi connectivity index (χ2v) is 4.76. The number of rotatable bonds is 3. The van der Waals surface area contributed by atoms with Crippen LogP contribution in [0.4, 0.5) is 4.79 Å². The average Bonchev–Trinajstić information content (AvgIpc) is 2.38. The summed E-state index contributed by atoms with van der Waals surface area (Å²) in [5, 5.41) is 16.1. The average molecular weight is 248 g/mol. The van der Waals surface area contributed by atoms with Gasteiger partial charge in [-0.1, -0.05) is 24.3 Å². The predicted octanol–water partition coefficient (Wildman–Crippen LogP) is 1.53. The van der Waals surface area contributed by atoms with Crippen LogP contribution in [0.15, 0.2) is 24.3 Å². The standard InChI is InChI=1S/C14H20N2O2/c1-2-15-13(17)16-10-14(18)9-5-7-11-6-3-4-8-12(11)14/h3-4,6,8,18H,2,5,7,9-10H2,1H3,(H2,15,16,17). The molecule has 18 heavy (non-hydrogen) atoms. The van der Waals surface area contributed by atoms with E-state index in [1.54, 1.807) is 0 Å². The Morgan fingerprint density at radius 3 is 2.94 bits per heavy atom. The molecule has 0 saturated carbocycles. The number of carbonyl (C=O) groups excluding carboxylic acids is 1. The minimum atomic E-state index is -0.931. The summed E-state index contributed by atoms with van der Waals surface area (Å²) in [4.78, 5) is 11.4. The highest BCUT2D eigenvalue weighted by molar-refractivity contribution is 5.73. The Kier molecular flexibility index (Phi) is 3.87. The molecule has 1 atom stereocenters. The first-order valence-electron chi connectivity index (χ1n) is 6.48. The normalized spacial score (nSPS) is 22.1. The van der Waals surface area contributed by atoms with Gasteiger partial charge < -0.3 is 15.7 Å². The van der Waals surface area contributed by atoms with Crippen molar-refractivity contribution >= 4 is 6.03 Å². The smallest absolute Gasteiger partial charge is 0.314 e. The van der Waals surface area contributed by atoms with E-state index in [1.165, 1.54) is 5.56 Å². The number of nitrogens with one attached hydrogen (secondary N) is 2. The first-order chi connectivity index (χ1) is 8.65. The topological polar surface area (TPSA) is 61.4 Å². The van der Waals surface area contributed by atoms with Crippen LogP contribution >= 0.6 is 0 Å². The molecule has 0 radical (unpaired) electrons. The second-order valence-electron chi connectivity index (χ2n) is 4.76. The Hall–Kier alpha value is -1.55. The summed E-state index contributed by atoms with van der Waals surface area (Å²) < 4.78 is 0. The van der Waals surface area contributed by atoms with Crippen LogP contribution in [0.3, 0.4) is 0 Å². The zero-order valence-corrected chi connectivity index (χ0v) is 10.7. The number of aliphatic hydroxyl groups is 1. The van der Waals surface area contributed by atoms with E-state index >= 15 is 0 Å². The molecule has 0 bridgehead atoms. The van der Waals surface area contributed by atoms with E-state index in [1.807, 2.05) is 31.2 Å². The summed E-state index contributed by atoms with van der Waals surface area (Å²) in [6.07, 6.45) is 2.64. The quantitative estimate of drug-likeness (QED) is 0.759. The zero-order valence-electron chi connectivity index (χ0n) is 10.7. The van der Waals surface area contributed by atoms with Crippen LogP contribution in [0.5, 0.6) is 0 Å². The van der Waals surface area contributed by atoms with Crippen LogP contribution in [-0.4, -0.2) is 24.2 Å². The molecule has 0 fully saturated rings. The van der Waals surface area contributed by atoms with Crippen molar-refractivity contribution in [1.82, 2.24) is 10.6 Å². The van der Waals surface area contributed by atoms with Crippen LogP contribution in [0.1, 0.15) is 30.9 Å². The van der Waals surface area contributed by atoms with Gasteiger partial charge in [-0.3, -0.25) is 0 Å². The van der Waals surface area contributed by atoms with Crippen LogP contribution < -0.4 is 10.6 Å². The van der Waals surface area contributed by atoms with Crippen molar-refractivity contribution in [3.8, 4) is 0 Å². The Morgan fingerprint density at radius 2 is 2.17 bits per heavy atom. The zero-order chi connectivity index (χ0) is 13.0. The summed E-state index contributed by atoms with van der Waals surface area (Å²) in [6.45, 7) is 2.71. The largest absolute Gasteiger partial charge is 0.383 e. The fourth-order valence-electron chi connectivity index (χ4n) is 2.53. The van der Waals surface area contributed by atoms with Gasteiger partial charge in [0, 0.05) is 6.54 Å². The minimum Gasteiger partial charge on any atom is -0.383 e. The maximum absolute atomic E-state index is 11.4. The number of aryl methyl sites for hydroxylation is 1. The molecule has 3 N–H and O–H groups in total. The number of benzene rings is 1. The highest BCUT2D eigenvalue weighted by atomic mass is 16.3. The van der Waals surface area contributed by atoms with Crippen LogP contribution in [0.25, 0.3) is 0 Å². The molecule has 0 heterocycles. The van der Waals surface area contributed by atoms with Crippen molar-refractivity contribution in [2.24, 2.45) is 0 Å². The van der Waals surface area contributed by atoms with Crippen molar-refractivity contribution in [3.05, 3.63) is 35.4 Å². The van der Waals surface area contributed by atoms with Gasteiger partial charge in [-0.15, -0.1) is 0 Å². The summed E-state index contributed by atoms with van der Waals surface area (Å²) in [6, 6.07) is 7.69. The number of urea groups is 1. The molecule has 1 aromatic rings. The lowest BCUT2D eigenvalue weighted by Crippen LogP contribution is -2.46. The van der Waals surface area contributed by atoms with Gasteiger partial charge >= 0.3 is 6.03 Å².